The lowest BCUT2D eigenvalue weighted by atomic mass is 10.00. The van der Waals surface area contributed by atoms with Crippen LogP contribution in [-0.4, -0.2) is 60.9 Å². The smallest absolute Gasteiger partial charge is 0.251 e. The van der Waals surface area contributed by atoms with Gasteiger partial charge < -0.3 is 20.5 Å². The number of nitrogens with zero attached hydrogens (tertiary/aromatic N) is 1. The van der Waals surface area contributed by atoms with Crippen LogP contribution in [0.1, 0.15) is 39.9 Å². The highest BCUT2D eigenvalue weighted by Crippen LogP contribution is 2.20. The van der Waals surface area contributed by atoms with Crippen LogP contribution in [0.25, 0.3) is 0 Å². The summed E-state index contributed by atoms with van der Waals surface area (Å²) in [5.74, 6) is -0.142. The number of rotatable bonds is 7. The van der Waals surface area contributed by atoms with Gasteiger partial charge in [0.15, 0.2) is 0 Å². The van der Waals surface area contributed by atoms with E-state index in [1.807, 2.05) is 25.1 Å². The van der Waals surface area contributed by atoms with Gasteiger partial charge in [0.2, 0.25) is 0 Å². The van der Waals surface area contributed by atoms with E-state index in [0.717, 1.165) is 56.8 Å². The first-order valence-corrected chi connectivity index (χ1v) is 11.3. The van der Waals surface area contributed by atoms with Crippen LogP contribution in [-0.2, 0) is 17.7 Å². The molecule has 1 amide bonds. The van der Waals surface area contributed by atoms with E-state index < -0.39 is 6.10 Å². The topological polar surface area (TPSA) is 73.8 Å². The number of ether oxygens (including phenoxy) is 1. The molecule has 6 nitrogen and oxygen atoms in total. The molecule has 0 aromatic heterocycles. The van der Waals surface area contributed by atoms with Crippen LogP contribution in [0.15, 0.2) is 42.5 Å². The number of hydrogen-bond donors (Lipinski definition) is 3. The molecule has 0 radical (unpaired) electrons. The van der Waals surface area contributed by atoms with Crippen LogP contribution in [0.3, 0.4) is 0 Å². The number of hydrogen-bond acceptors (Lipinski definition) is 5. The van der Waals surface area contributed by atoms with Crippen LogP contribution >= 0.6 is 0 Å². The molecule has 2 aliphatic heterocycles. The second-order valence-corrected chi connectivity index (χ2v) is 8.68. The van der Waals surface area contributed by atoms with E-state index in [1.54, 1.807) is 0 Å². The first-order chi connectivity index (χ1) is 15.1. The number of carbonyl (C=O) groups is 1. The average Bonchev–Trinajstić information content (AvgIpc) is 2.79. The summed E-state index contributed by atoms with van der Waals surface area (Å²) in [7, 11) is 0. The summed E-state index contributed by atoms with van der Waals surface area (Å²) < 4.78 is 5.41. The van der Waals surface area contributed by atoms with Gasteiger partial charge in [0, 0.05) is 56.7 Å². The maximum absolute atomic E-state index is 12.8. The number of aliphatic hydroxyl groups is 1. The van der Waals surface area contributed by atoms with E-state index in [9.17, 15) is 9.90 Å². The van der Waals surface area contributed by atoms with Gasteiger partial charge in [0.25, 0.3) is 5.91 Å². The molecule has 0 spiro atoms. The van der Waals surface area contributed by atoms with Crippen molar-refractivity contribution in [3.05, 3.63) is 64.7 Å². The number of aryl methyl sites for hydroxylation is 1. The number of amides is 1. The van der Waals surface area contributed by atoms with Gasteiger partial charge in [-0.2, -0.15) is 0 Å². The summed E-state index contributed by atoms with van der Waals surface area (Å²) in [6.45, 7) is 6.07. The van der Waals surface area contributed by atoms with Crippen molar-refractivity contribution in [1.82, 2.24) is 10.2 Å². The first kappa shape index (κ1) is 21.8. The zero-order chi connectivity index (χ0) is 21.6. The lowest BCUT2D eigenvalue weighted by Gasteiger charge is -2.30. The molecule has 1 saturated heterocycles. The summed E-state index contributed by atoms with van der Waals surface area (Å²) in [6.07, 6.45) is 2.35. The summed E-state index contributed by atoms with van der Waals surface area (Å²) in [6, 6.07) is 14.7. The minimum absolute atomic E-state index is 0.142. The monoisotopic (exact) mass is 423 g/mol. The molecule has 0 bridgehead atoms. The Morgan fingerprint density at radius 1 is 1.19 bits per heavy atom. The van der Waals surface area contributed by atoms with Crippen molar-refractivity contribution < 1.29 is 14.6 Å². The molecule has 6 heteroatoms. The molecule has 4 rings (SSSR count). The minimum Gasteiger partial charge on any atom is -0.390 e. The summed E-state index contributed by atoms with van der Waals surface area (Å²) in [5, 5.41) is 16.9. The molecular formula is C25H33N3O3. The maximum atomic E-state index is 12.8. The van der Waals surface area contributed by atoms with Gasteiger partial charge in [-0.05, 0) is 55.0 Å². The Balaban J connectivity index is 1.28. The van der Waals surface area contributed by atoms with Crippen LogP contribution < -0.4 is 10.6 Å². The molecule has 3 N–H and O–H groups in total. The molecule has 166 valence electrons. The van der Waals surface area contributed by atoms with Crippen molar-refractivity contribution in [2.75, 3.05) is 38.2 Å². The maximum Gasteiger partial charge on any atom is 0.251 e. The van der Waals surface area contributed by atoms with Crippen molar-refractivity contribution in [2.45, 2.75) is 44.9 Å². The molecule has 2 heterocycles. The molecule has 1 fully saturated rings. The molecular weight excluding hydrogens is 390 g/mol. The molecule has 2 aromatic rings. The van der Waals surface area contributed by atoms with Crippen molar-refractivity contribution in [1.29, 1.82) is 0 Å². The molecule has 1 unspecified atom stereocenters. The third kappa shape index (κ3) is 5.85. The SMILES string of the molecule is Cc1ccc(NC2CCOCC2)cc1C(=O)NCC(O)CN1CCc2ccccc2C1. The molecule has 2 aromatic carbocycles. The van der Waals surface area contributed by atoms with Crippen LogP contribution in [0.2, 0.25) is 0 Å². The first-order valence-electron chi connectivity index (χ1n) is 11.3. The fraction of sp³-hybridized carbons (Fsp3) is 0.480. The van der Waals surface area contributed by atoms with Gasteiger partial charge in [0.1, 0.15) is 0 Å². The van der Waals surface area contributed by atoms with Gasteiger partial charge in [-0.1, -0.05) is 30.3 Å². The fourth-order valence-electron chi connectivity index (χ4n) is 4.41. The number of carbonyl (C=O) groups excluding carboxylic acids is 1. The number of β-amino-alcohol motifs (C(OH)–C–C–N with tert-alkyl or cyclic N) is 1. The van der Waals surface area contributed by atoms with Gasteiger partial charge in [-0.15, -0.1) is 0 Å². The van der Waals surface area contributed by atoms with E-state index in [0.29, 0.717) is 18.2 Å². The van der Waals surface area contributed by atoms with E-state index in [1.165, 1.54) is 11.1 Å². The third-order valence-corrected chi connectivity index (χ3v) is 6.25. The summed E-state index contributed by atoms with van der Waals surface area (Å²) in [5.41, 5.74) is 5.25. The van der Waals surface area contributed by atoms with E-state index in [2.05, 4.69) is 39.8 Å². The predicted molar refractivity (Wildman–Crippen MR) is 122 cm³/mol. The molecule has 0 saturated carbocycles. The van der Waals surface area contributed by atoms with Gasteiger partial charge in [-0.25, -0.2) is 0 Å². The Morgan fingerprint density at radius 2 is 1.97 bits per heavy atom. The Morgan fingerprint density at radius 3 is 2.77 bits per heavy atom. The second kappa shape index (κ2) is 10.3. The molecule has 2 aliphatic rings. The standard InChI is InChI=1S/C25H33N3O3/c1-18-6-7-22(27-21-9-12-31-13-10-21)14-24(18)25(30)26-15-23(29)17-28-11-8-19-4-2-3-5-20(19)16-28/h2-7,14,21,23,27,29H,8-13,15-17H2,1H3,(H,26,30). The quantitative estimate of drug-likeness (QED) is 0.639. The van der Waals surface area contributed by atoms with Crippen molar-refractivity contribution in [3.63, 3.8) is 0 Å². The van der Waals surface area contributed by atoms with Crippen LogP contribution in [0.5, 0.6) is 0 Å². The zero-order valence-electron chi connectivity index (χ0n) is 18.3. The summed E-state index contributed by atoms with van der Waals surface area (Å²) >= 11 is 0. The lowest BCUT2D eigenvalue weighted by Crippen LogP contribution is -2.42. The van der Waals surface area contributed by atoms with Crippen LogP contribution in [0.4, 0.5) is 5.69 Å². The average molecular weight is 424 g/mol. The largest absolute Gasteiger partial charge is 0.390 e. The van der Waals surface area contributed by atoms with E-state index in [-0.39, 0.29) is 12.5 Å². The Bertz CT molecular complexity index is 895. The van der Waals surface area contributed by atoms with Gasteiger partial charge >= 0.3 is 0 Å². The number of benzene rings is 2. The Hall–Kier alpha value is -2.41. The highest BCUT2D eigenvalue weighted by atomic mass is 16.5. The summed E-state index contributed by atoms with van der Waals surface area (Å²) in [4.78, 5) is 15.0. The number of aliphatic hydroxyl groups excluding tert-OH is 1. The molecule has 0 aliphatic carbocycles. The lowest BCUT2D eigenvalue weighted by molar-refractivity contribution is 0.0841. The highest BCUT2D eigenvalue weighted by Gasteiger charge is 2.20. The van der Waals surface area contributed by atoms with E-state index in [4.69, 9.17) is 4.74 Å². The normalized spacial score (nSPS) is 18.3. The predicted octanol–water partition coefficient (Wildman–Crippen LogP) is 2.73. The van der Waals surface area contributed by atoms with Crippen molar-refractivity contribution in [2.24, 2.45) is 0 Å². The molecule has 1 atom stereocenters. The third-order valence-electron chi connectivity index (χ3n) is 6.25. The van der Waals surface area contributed by atoms with Gasteiger partial charge in [0.05, 0.1) is 6.10 Å². The Kier molecular flexibility index (Phi) is 7.22. The highest BCUT2D eigenvalue weighted by molar-refractivity contribution is 5.96. The number of nitrogens with one attached hydrogen (secondary N) is 2. The number of fused-ring (bicyclic) bond motifs is 1. The second-order valence-electron chi connectivity index (χ2n) is 8.68. The minimum atomic E-state index is -0.599. The fourth-order valence-corrected chi connectivity index (χ4v) is 4.41. The Labute approximate surface area is 184 Å². The zero-order valence-corrected chi connectivity index (χ0v) is 18.3. The van der Waals surface area contributed by atoms with Crippen molar-refractivity contribution >= 4 is 11.6 Å². The van der Waals surface area contributed by atoms with Gasteiger partial charge in [-0.3, -0.25) is 9.69 Å². The van der Waals surface area contributed by atoms with Crippen molar-refractivity contribution in [3.8, 4) is 0 Å². The number of anilines is 1. The van der Waals surface area contributed by atoms with E-state index >= 15 is 0 Å². The van der Waals surface area contributed by atoms with Crippen LogP contribution in [0, 0.1) is 6.92 Å². The molecule has 31 heavy (non-hydrogen) atoms.